The van der Waals surface area contributed by atoms with Crippen LogP contribution in [0, 0.1) is 0 Å². The van der Waals surface area contributed by atoms with E-state index in [0.29, 0.717) is 38.2 Å². The highest BCUT2D eigenvalue weighted by atomic mass is 35.5. The van der Waals surface area contributed by atoms with Crippen molar-refractivity contribution in [2.75, 3.05) is 14.2 Å². The highest BCUT2D eigenvalue weighted by Crippen LogP contribution is 2.42. The van der Waals surface area contributed by atoms with Gasteiger partial charge in [-0.2, -0.15) is 0 Å². The number of aromatic nitrogens is 1. The molecule has 2 aliphatic rings. The van der Waals surface area contributed by atoms with E-state index in [1.165, 1.54) is 16.9 Å². The quantitative estimate of drug-likeness (QED) is 0.207. The number of hydrogen-bond acceptors (Lipinski definition) is 6. The topological polar surface area (TPSA) is 62.0 Å². The largest absolute Gasteiger partial charge is 0.493 e. The minimum absolute atomic E-state index is 0.0913. The number of hydrogen-bond donors (Lipinski definition) is 0. The van der Waals surface area contributed by atoms with Crippen molar-refractivity contribution in [2.45, 2.75) is 25.5 Å². The van der Waals surface area contributed by atoms with Crippen molar-refractivity contribution in [3.8, 4) is 17.2 Å². The third-order valence-electron chi connectivity index (χ3n) is 8.11. The molecule has 0 N–H and O–H groups in total. The van der Waals surface area contributed by atoms with Crippen LogP contribution in [0.5, 0.6) is 17.2 Å². The molecule has 0 unspecified atom stereocenters. The Hall–Kier alpha value is -4.59. The zero-order valence-electron chi connectivity index (χ0n) is 24.2. The summed E-state index contributed by atoms with van der Waals surface area (Å²) in [4.78, 5) is 20.1. The van der Waals surface area contributed by atoms with Gasteiger partial charge in [-0.15, -0.1) is 0 Å². The molecular formula is C36H29ClN2O4S. The molecule has 6 nitrogen and oxygen atoms in total. The molecular weight excluding hydrogens is 592 g/mol. The van der Waals surface area contributed by atoms with Crippen LogP contribution < -0.4 is 29.1 Å². The van der Waals surface area contributed by atoms with Crippen LogP contribution in [-0.4, -0.2) is 18.8 Å². The first-order valence-corrected chi connectivity index (χ1v) is 15.5. The van der Waals surface area contributed by atoms with E-state index in [2.05, 4.69) is 18.2 Å². The van der Waals surface area contributed by atoms with Crippen LogP contribution >= 0.6 is 22.9 Å². The van der Waals surface area contributed by atoms with Crippen LogP contribution in [0.4, 0.5) is 0 Å². The average Bonchev–Trinajstić information content (AvgIpc) is 3.37. The summed E-state index contributed by atoms with van der Waals surface area (Å²) in [6.45, 7) is 0.384. The lowest BCUT2D eigenvalue weighted by Gasteiger charge is -2.31. The third kappa shape index (κ3) is 5.12. The van der Waals surface area contributed by atoms with E-state index >= 15 is 0 Å². The maximum absolute atomic E-state index is 14.3. The number of halogens is 1. The van der Waals surface area contributed by atoms with Gasteiger partial charge in [0.25, 0.3) is 5.56 Å². The fraction of sp³-hybridized carbons (Fsp3) is 0.167. The van der Waals surface area contributed by atoms with Gasteiger partial charge in [-0.1, -0.05) is 83.6 Å². The summed E-state index contributed by atoms with van der Waals surface area (Å²) in [5.74, 6) is 1.95. The summed E-state index contributed by atoms with van der Waals surface area (Å²) < 4.78 is 19.8. The number of fused-ring (bicyclic) bond motifs is 3. The predicted octanol–water partition coefficient (Wildman–Crippen LogP) is 6.57. The second-order valence-electron chi connectivity index (χ2n) is 10.7. The molecule has 0 radical (unpaired) electrons. The lowest BCUT2D eigenvalue weighted by atomic mass is 9.83. The summed E-state index contributed by atoms with van der Waals surface area (Å²) in [5, 5.41) is 0.682. The first-order valence-electron chi connectivity index (χ1n) is 14.4. The number of allylic oxidation sites excluding steroid dienone is 1. The van der Waals surface area contributed by atoms with Crippen molar-refractivity contribution < 1.29 is 14.2 Å². The van der Waals surface area contributed by atoms with Crippen LogP contribution in [0.2, 0.25) is 5.02 Å². The average molecular weight is 621 g/mol. The van der Waals surface area contributed by atoms with Crippen molar-refractivity contribution >= 4 is 34.7 Å². The molecule has 0 saturated carbocycles. The first-order chi connectivity index (χ1) is 21.5. The van der Waals surface area contributed by atoms with Crippen LogP contribution in [0.3, 0.4) is 0 Å². The van der Waals surface area contributed by atoms with Crippen LogP contribution in [0.25, 0.3) is 11.8 Å². The van der Waals surface area contributed by atoms with Crippen LogP contribution in [0.1, 0.15) is 40.3 Å². The Balaban J connectivity index is 1.37. The van der Waals surface area contributed by atoms with Crippen molar-refractivity contribution in [2.24, 2.45) is 4.99 Å². The van der Waals surface area contributed by atoms with Crippen molar-refractivity contribution in [1.29, 1.82) is 0 Å². The fourth-order valence-electron chi connectivity index (χ4n) is 5.96. The number of methoxy groups -OCH3 is 2. The summed E-state index contributed by atoms with van der Waals surface area (Å²) in [6.07, 6.45) is 3.60. The molecule has 4 aromatic carbocycles. The molecule has 5 aromatic rings. The fourth-order valence-corrected chi connectivity index (χ4v) is 7.08. The maximum atomic E-state index is 14.3. The van der Waals surface area contributed by atoms with E-state index in [-0.39, 0.29) is 11.6 Å². The van der Waals surface area contributed by atoms with Gasteiger partial charge in [0.05, 0.1) is 30.5 Å². The molecule has 220 valence electrons. The summed E-state index contributed by atoms with van der Waals surface area (Å²) in [5.41, 5.74) is 7.15. The Labute approximate surface area is 263 Å². The number of nitrogens with zero attached hydrogens (tertiary/aromatic N) is 2. The summed E-state index contributed by atoms with van der Waals surface area (Å²) >= 11 is 7.44. The van der Waals surface area contributed by atoms with Gasteiger partial charge >= 0.3 is 0 Å². The van der Waals surface area contributed by atoms with Gasteiger partial charge in [0, 0.05) is 16.1 Å². The second kappa shape index (κ2) is 11.8. The zero-order chi connectivity index (χ0) is 30.2. The summed E-state index contributed by atoms with van der Waals surface area (Å²) in [7, 11) is 3.25. The van der Waals surface area contributed by atoms with Gasteiger partial charge in [0.15, 0.2) is 16.3 Å². The first kappa shape index (κ1) is 28.2. The number of aryl methyl sites for hydroxylation is 1. The molecule has 2 heterocycles. The standard InChI is InChI=1S/C36H29ClN2O4S/c1-41-30-18-14-25(19-31(30)42-2)34-28-17-13-23-7-3-5-9-27(23)33(28)38-36-39(34)35(40)32(44-36)20-24-8-4-6-10-29(24)43-21-22-11-15-26(37)16-12-22/h3-12,14-16,18-20,34H,13,17,21H2,1-2H3/b32-20-/t34-/m0/s1. The van der Waals surface area contributed by atoms with Crippen molar-refractivity contribution in [1.82, 2.24) is 4.57 Å². The predicted molar refractivity (Wildman–Crippen MR) is 175 cm³/mol. The second-order valence-corrected chi connectivity index (χ2v) is 12.1. The number of rotatable bonds is 7. The van der Waals surface area contributed by atoms with Gasteiger partial charge in [0.2, 0.25) is 0 Å². The van der Waals surface area contributed by atoms with Gasteiger partial charge in [-0.05, 0) is 71.5 Å². The molecule has 0 amide bonds. The third-order valence-corrected chi connectivity index (χ3v) is 9.34. The summed E-state index contributed by atoms with van der Waals surface area (Å²) in [6, 6.07) is 29.3. The molecule has 1 aromatic heterocycles. The Morgan fingerprint density at radius 3 is 2.50 bits per heavy atom. The molecule has 8 heteroatoms. The highest BCUT2D eigenvalue weighted by molar-refractivity contribution is 7.07. The van der Waals surface area contributed by atoms with Gasteiger partial charge in [-0.25, -0.2) is 4.99 Å². The van der Waals surface area contributed by atoms with E-state index < -0.39 is 0 Å². The van der Waals surface area contributed by atoms with Crippen LogP contribution in [-0.2, 0) is 13.0 Å². The Morgan fingerprint density at radius 2 is 1.68 bits per heavy atom. The SMILES string of the molecule is COc1ccc([C@H]2C3=C(N=c4s/c(=C\c5ccccc5OCc5ccc(Cl)cc5)c(=O)n42)c2ccccc2CC3)cc1OC. The Bertz CT molecular complexity index is 2100. The molecule has 0 saturated heterocycles. The van der Waals surface area contributed by atoms with E-state index in [0.717, 1.165) is 46.4 Å². The van der Waals surface area contributed by atoms with Crippen molar-refractivity contribution in [3.05, 3.63) is 149 Å². The number of ether oxygens (including phenoxy) is 3. The molecule has 44 heavy (non-hydrogen) atoms. The van der Waals surface area contributed by atoms with E-state index in [1.807, 2.05) is 83.4 Å². The Kier molecular flexibility index (Phi) is 7.58. The molecule has 7 rings (SSSR count). The lowest BCUT2D eigenvalue weighted by Crippen LogP contribution is -2.38. The molecule has 0 fully saturated rings. The Morgan fingerprint density at radius 1 is 0.909 bits per heavy atom. The number of para-hydroxylation sites is 1. The number of benzene rings is 4. The monoisotopic (exact) mass is 620 g/mol. The molecule has 0 bridgehead atoms. The highest BCUT2D eigenvalue weighted by Gasteiger charge is 2.33. The van der Waals surface area contributed by atoms with E-state index in [1.54, 1.807) is 14.2 Å². The normalized spacial score (nSPS) is 15.6. The van der Waals surface area contributed by atoms with E-state index in [9.17, 15) is 4.79 Å². The molecule has 1 aliphatic heterocycles. The van der Waals surface area contributed by atoms with Gasteiger partial charge in [0.1, 0.15) is 12.4 Å². The smallest absolute Gasteiger partial charge is 0.271 e. The van der Waals surface area contributed by atoms with Gasteiger partial charge < -0.3 is 14.2 Å². The zero-order valence-corrected chi connectivity index (χ0v) is 25.8. The molecule has 1 atom stereocenters. The maximum Gasteiger partial charge on any atom is 0.271 e. The minimum atomic E-state index is -0.326. The lowest BCUT2D eigenvalue weighted by molar-refractivity contribution is 0.305. The van der Waals surface area contributed by atoms with Gasteiger partial charge in [-0.3, -0.25) is 9.36 Å². The van der Waals surface area contributed by atoms with E-state index in [4.69, 9.17) is 30.8 Å². The molecule has 1 aliphatic carbocycles. The van der Waals surface area contributed by atoms with Crippen LogP contribution in [0.15, 0.2) is 106 Å². The minimum Gasteiger partial charge on any atom is -0.493 e. The molecule has 0 spiro atoms. The van der Waals surface area contributed by atoms with Crippen molar-refractivity contribution in [3.63, 3.8) is 0 Å². The number of thiazole rings is 1.